The maximum Gasteiger partial charge on any atom is 0.165 e. The third-order valence-corrected chi connectivity index (χ3v) is 10.3. The maximum atomic E-state index is 6.41. The summed E-state index contributed by atoms with van der Waals surface area (Å²) >= 11 is 0. The average molecular weight is 698 g/mol. The summed E-state index contributed by atoms with van der Waals surface area (Å²) in [5.41, 5.74) is 10.2. The molecule has 0 N–H and O–H groups in total. The molecule has 10 aromatic rings. The molecule has 0 aliphatic heterocycles. The molecule has 10 rings (SSSR count). The zero-order chi connectivity index (χ0) is 36.0. The van der Waals surface area contributed by atoms with Gasteiger partial charge in [0.05, 0.1) is 11.0 Å². The lowest BCUT2D eigenvalue weighted by atomic mass is 10.0. The average Bonchev–Trinajstić information content (AvgIpc) is 3.79. The number of benzene rings is 6. The van der Waals surface area contributed by atoms with Crippen LogP contribution < -0.4 is 0 Å². The Morgan fingerprint density at radius 1 is 0.519 bits per heavy atom. The number of hydrogen-bond donors (Lipinski definition) is 0. The Bertz CT molecular complexity index is 2980. The molecule has 0 aliphatic rings. The topological polar surface area (TPSA) is 69.6 Å². The first kappa shape index (κ1) is 31.8. The summed E-state index contributed by atoms with van der Waals surface area (Å²) < 4.78 is 8.65. The van der Waals surface area contributed by atoms with E-state index < -0.39 is 0 Å². The minimum atomic E-state index is 0.587. The summed E-state index contributed by atoms with van der Waals surface area (Å²) in [4.78, 5) is 20.0. The number of furan rings is 1. The van der Waals surface area contributed by atoms with Crippen LogP contribution in [0, 0.1) is 0 Å². The highest BCUT2D eigenvalue weighted by atomic mass is 16.3. The molecular formula is C48H35N5O. The van der Waals surface area contributed by atoms with Gasteiger partial charge in [-0.25, -0.2) is 19.9 Å². The third-order valence-electron chi connectivity index (χ3n) is 10.3. The van der Waals surface area contributed by atoms with Crippen molar-refractivity contribution in [2.24, 2.45) is 0 Å². The predicted octanol–water partition coefficient (Wildman–Crippen LogP) is 12.3. The fourth-order valence-corrected chi connectivity index (χ4v) is 7.61. The molecule has 0 fully saturated rings. The Labute approximate surface area is 312 Å². The van der Waals surface area contributed by atoms with Crippen LogP contribution in [0.4, 0.5) is 0 Å². The van der Waals surface area contributed by atoms with Crippen LogP contribution in [-0.4, -0.2) is 24.5 Å². The van der Waals surface area contributed by atoms with E-state index in [1.807, 2.05) is 48.7 Å². The van der Waals surface area contributed by atoms with E-state index in [2.05, 4.69) is 121 Å². The highest BCUT2D eigenvalue weighted by molar-refractivity contribution is 6.13. The summed E-state index contributed by atoms with van der Waals surface area (Å²) in [5.74, 6) is 2.69. The normalized spacial score (nSPS) is 11.6. The summed E-state index contributed by atoms with van der Waals surface area (Å²) in [6, 6.07) is 52.5. The van der Waals surface area contributed by atoms with Gasteiger partial charge in [0, 0.05) is 50.0 Å². The molecule has 258 valence electrons. The largest absolute Gasteiger partial charge is 0.455 e. The lowest BCUT2D eigenvalue weighted by Crippen LogP contribution is -2.02. The molecule has 0 saturated heterocycles. The number of pyridine rings is 1. The Morgan fingerprint density at radius 2 is 1.20 bits per heavy atom. The first-order valence-corrected chi connectivity index (χ1v) is 18.5. The molecule has 0 amide bonds. The fourth-order valence-electron chi connectivity index (χ4n) is 7.61. The Kier molecular flexibility index (Phi) is 7.80. The molecule has 0 radical (unpaired) electrons. The van der Waals surface area contributed by atoms with Gasteiger partial charge in [0.1, 0.15) is 17.0 Å². The second-order valence-corrected chi connectivity index (χ2v) is 13.7. The molecule has 0 bridgehead atoms. The van der Waals surface area contributed by atoms with Crippen molar-refractivity contribution in [2.45, 2.75) is 26.2 Å². The van der Waals surface area contributed by atoms with Gasteiger partial charge in [-0.2, -0.15) is 0 Å². The molecule has 0 saturated carbocycles. The van der Waals surface area contributed by atoms with Crippen LogP contribution in [0.25, 0.3) is 94.9 Å². The fraction of sp³-hybridized carbons (Fsp3) is 0.0833. The van der Waals surface area contributed by atoms with E-state index in [0.29, 0.717) is 17.5 Å². The van der Waals surface area contributed by atoms with Gasteiger partial charge in [-0.3, -0.25) is 4.57 Å². The van der Waals surface area contributed by atoms with E-state index in [9.17, 15) is 0 Å². The van der Waals surface area contributed by atoms with Crippen LogP contribution in [0.3, 0.4) is 0 Å². The van der Waals surface area contributed by atoms with Gasteiger partial charge < -0.3 is 4.42 Å². The van der Waals surface area contributed by atoms with Crippen LogP contribution in [0.1, 0.15) is 25.3 Å². The number of aryl methyl sites for hydroxylation is 1. The SMILES string of the molecule is CCCCc1cccc(-c2nc(-c3ccccc3)nc(-c3ccc(-n4c5ccccc5c5cc(-c6cccc7c6oc6ccccc67)ccc54)nc3)n2)c1. The number of fused-ring (bicyclic) bond motifs is 6. The van der Waals surface area contributed by atoms with Gasteiger partial charge in [-0.1, -0.05) is 123 Å². The molecule has 0 spiro atoms. The monoisotopic (exact) mass is 697 g/mol. The summed E-state index contributed by atoms with van der Waals surface area (Å²) in [5, 5.41) is 4.56. The van der Waals surface area contributed by atoms with E-state index in [-0.39, 0.29) is 0 Å². The van der Waals surface area contributed by atoms with Gasteiger partial charge >= 0.3 is 0 Å². The number of para-hydroxylation sites is 3. The van der Waals surface area contributed by atoms with Crippen LogP contribution in [0.15, 0.2) is 162 Å². The van der Waals surface area contributed by atoms with Crippen molar-refractivity contribution >= 4 is 43.7 Å². The second kappa shape index (κ2) is 13.2. The van der Waals surface area contributed by atoms with Gasteiger partial charge in [-0.05, 0) is 66.4 Å². The van der Waals surface area contributed by atoms with Crippen molar-refractivity contribution in [1.29, 1.82) is 0 Å². The maximum absolute atomic E-state index is 6.41. The minimum absolute atomic E-state index is 0.587. The smallest absolute Gasteiger partial charge is 0.165 e. The first-order chi connectivity index (χ1) is 26.7. The lowest BCUT2D eigenvalue weighted by Gasteiger charge is -2.11. The Morgan fingerprint density at radius 3 is 2.04 bits per heavy atom. The zero-order valence-electron chi connectivity index (χ0n) is 29.8. The first-order valence-electron chi connectivity index (χ1n) is 18.5. The summed E-state index contributed by atoms with van der Waals surface area (Å²) in [7, 11) is 0. The van der Waals surface area contributed by atoms with Crippen LogP contribution in [-0.2, 0) is 6.42 Å². The molecule has 6 aromatic carbocycles. The second-order valence-electron chi connectivity index (χ2n) is 13.7. The molecule has 54 heavy (non-hydrogen) atoms. The van der Waals surface area contributed by atoms with Crippen LogP contribution in [0.2, 0.25) is 0 Å². The van der Waals surface area contributed by atoms with E-state index >= 15 is 0 Å². The van der Waals surface area contributed by atoms with Crippen molar-refractivity contribution in [3.8, 4) is 51.1 Å². The van der Waals surface area contributed by atoms with Crippen LogP contribution in [0.5, 0.6) is 0 Å². The molecule has 6 nitrogen and oxygen atoms in total. The molecule has 4 aromatic heterocycles. The molecule has 4 heterocycles. The van der Waals surface area contributed by atoms with Gasteiger partial charge in [0.25, 0.3) is 0 Å². The van der Waals surface area contributed by atoms with Crippen molar-refractivity contribution in [1.82, 2.24) is 24.5 Å². The number of unbranched alkanes of at least 4 members (excludes halogenated alkanes) is 1. The van der Waals surface area contributed by atoms with Gasteiger partial charge in [0.15, 0.2) is 17.5 Å². The van der Waals surface area contributed by atoms with E-state index in [1.165, 1.54) is 5.56 Å². The number of rotatable bonds is 8. The highest BCUT2D eigenvalue weighted by Crippen LogP contribution is 2.39. The van der Waals surface area contributed by atoms with Crippen molar-refractivity contribution in [3.05, 3.63) is 163 Å². The van der Waals surface area contributed by atoms with Crippen molar-refractivity contribution < 1.29 is 4.42 Å². The van der Waals surface area contributed by atoms with E-state index in [0.717, 1.165) is 96.6 Å². The predicted molar refractivity (Wildman–Crippen MR) is 220 cm³/mol. The van der Waals surface area contributed by atoms with Crippen molar-refractivity contribution in [3.63, 3.8) is 0 Å². The number of aromatic nitrogens is 5. The molecule has 0 unspecified atom stereocenters. The highest BCUT2D eigenvalue weighted by Gasteiger charge is 2.18. The van der Waals surface area contributed by atoms with Gasteiger partial charge in [0.2, 0.25) is 0 Å². The zero-order valence-corrected chi connectivity index (χ0v) is 29.8. The number of hydrogen-bond acceptors (Lipinski definition) is 5. The van der Waals surface area contributed by atoms with Crippen LogP contribution >= 0.6 is 0 Å². The third kappa shape index (κ3) is 5.51. The Balaban J connectivity index is 1.07. The summed E-state index contributed by atoms with van der Waals surface area (Å²) in [6.45, 7) is 2.22. The van der Waals surface area contributed by atoms with Gasteiger partial charge in [-0.15, -0.1) is 0 Å². The summed E-state index contributed by atoms with van der Waals surface area (Å²) in [6.07, 6.45) is 5.20. The quantitative estimate of drug-likeness (QED) is 0.158. The van der Waals surface area contributed by atoms with Crippen molar-refractivity contribution in [2.75, 3.05) is 0 Å². The Hall–Kier alpha value is -6.92. The van der Waals surface area contributed by atoms with E-state index in [1.54, 1.807) is 0 Å². The minimum Gasteiger partial charge on any atom is -0.455 e. The standard InChI is InChI=1S/C48H35N5O/c1-2-3-13-31-14-11-17-34(28-31)47-50-46(32-15-5-4-6-16-32)51-48(52-47)35-25-27-44(49-30-35)53-41-22-9-7-18-37(41)40-29-33(24-26-42(40)53)36-20-12-21-39-38-19-8-10-23-43(38)54-45(36)39/h4-12,14-30H,2-3,13H2,1H3. The molecule has 0 aliphatic carbocycles. The lowest BCUT2D eigenvalue weighted by molar-refractivity contribution is 0.670. The number of nitrogens with zero attached hydrogens (tertiary/aromatic N) is 5. The molecule has 0 atom stereocenters. The molecular weight excluding hydrogens is 663 g/mol. The molecule has 6 heteroatoms. The van der Waals surface area contributed by atoms with E-state index in [4.69, 9.17) is 24.4 Å².